The van der Waals surface area contributed by atoms with E-state index in [1.807, 2.05) is 84.9 Å². The Bertz CT molecular complexity index is 915. The highest BCUT2D eigenvalue weighted by atomic mass is 32.1. The first-order valence-corrected chi connectivity index (χ1v) is 8.56. The zero-order valence-electron chi connectivity index (χ0n) is 13.4. The van der Waals surface area contributed by atoms with E-state index in [9.17, 15) is 10.5 Å². The molecule has 25 heavy (non-hydrogen) atoms. The van der Waals surface area contributed by atoms with E-state index < -0.39 is 0 Å². The summed E-state index contributed by atoms with van der Waals surface area (Å²) in [5, 5.41) is 18.8. The minimum atomic E-state index is 0.626. The lowest BCUT2D eigenvalue weighted by molar-refractivity contribution is 1.52. The monoisotopic (exact) mass is 338 g/mol. The summed E-state index contributed by atoms with van der Waals surface area (Å²) in [6.45, 7) is 0. The van der Waals surface area contributed by atoms with Crippen LogP contribution in [0.4, 0.5) is 0 Å². The molecule has 0 aliphatic rings. The van der Waals surface area contributed by atoms with Crippen molar-refractivity contribution in [1.82, 2.24) is 0 Å². The number of thiophene rings is 1. The van der Waals surface area contributed by atoms with E-state index in [-0.39, 0.29) is 0 Å². The first-order chi connectivity index (χ1) is 12.3. The Morgan fingerprint density at radius 3 is 1.40 bits per heavy atom. The van der Waals surface area contributed by atoms with Gasteiger partial charge < -0.3 is 0 Å². The fourth-order valence-electron chi connectivity index (χ4n) is 2.40. The summed E-state index contributed by atoms with van der Waals surface area (Å²) in [5.74, 6) is 0. The Labute approximate surface area is 151 Å². The van der Waals surface area contributed by atoms with Crippen molar-refractivity contribution in [2.24, 2.45) is 0 Å². The molecule has 1 aromatic heterocycles. The van der Waals surface area contributed by atoms with Crippen molar-refractivity contribution in [3.05, 3.63) is 93.7 Å². The highest BCUT2D eigenvalue weighted by Gasteiger charge is 2.04. The van der Waals surface area contributed by atoms with Crippen molar-refractivity contribution in [2.45, 2.75) is 0 Å². The first-order valence-electron chi connectivity index (χ1n) is 7.74. The topological polar surface area (TPSA) is 47.6 Å². The van der Waals surface area contributed by atoms with Crippen LogP contribution in [0.3, 0.4) is 0 Å². The number of benzene rings is 2. The van der Waals surface area contributed by atoms with Gasteiger partial charge in [0.25, 0.3) is 0 Å². The zero-order valence-corrected chi connectivity index (χ0v) is 14.2. The minimum Gasteiger partial charge on any atom is -0.192 e. The molecule has 0 aliphatic carbocycles. The molecule has 0 N–H and O–H groups in total. The Balaban J connectivity index is 1.90. The third kappa shape index (κ3) is 4.12. The number of hydrogen-bond acceptors (Lipinski definition) is 3. The molecular formula is C22H14N2S. The maximum Gasteiger partial charge on any atom is 0.0998 e. The fourth-order valence-corrected chi connectivity index (χ4v) is 3.30. The van der Waals surface area contributed by atoms with Crippen LogP contribution in [0.2, 0.25) is 0 Å². The number of hydrogen-bond donors (Lipinski definition) is 0. The molecule has 0 saturated heterocycles. The Morgan fingerprint density at radius 1 is 0.640 bits per heavy atom. The largest absolute Gasteiger partial charge is 0.192 e. The van der Waals surface area contributed by atoms with Gasteiger partial charge in [0.1, 0.15) is 0 Å². The molecule has 0 amide bonds. The Hall–Kier alpha value is -3.40. The number of nitriles is 2. The summed E-state index contributed by atoms with van der Waals surface area (Å²) in [7, 11) is 0. The molecule has 118 valence electrons. The molecule has 0 saturated carbocycles. The van der Waals surface area contributed by atoms with E-state index in [2.05, 4.69) is 12.1 Å². The second-order valence-corrected chi connectivity index (χ2v) is 6.46. The van der Waals surface area contributed by atoms with Crippen molar-refractivity contribution in [3.63, 3.8) is 0 Å². The van der Waals surface area contributed by atoms with E-state index in [1.54, 1.807) is 11.3 Å². The standard InChI is InChI=1S/C22H14N2S/c23-15-19(17-7-3-1-4-8-17)13-21-11-12-22(25-21)14-20(16-24)18-9-5-2-6-10-18/h1-14H. The van der Waals surface area contributed by atoms with Crippen molar-refractivity contribution in [3.8, 4) is 12.1 Å². The van der Waals surface area contributed by atoms with E-state index >= 15 is 0 Å². The molecular weight excluding hydrogens is 324 g/mol. The maximum absolute atomic E-state index is 9.41. The van der Waals surface area contributed by atoms with Crippen LogP contribution in [0.15, 0.2) is 72.8 Å². The van der Waals surface area contributed by atoms with Crippen LogP contribution < -0.4 is 0 Å². The molecule has 0 spiro atoms. The molecule has 3 rings (SSSR count). The van der Waals surface area contributed by atoms with Gasteiger partial charge in [0.15, 0.2) is 0 Å². The molecule has 0 aliphatic heterocycles. The summed E-state index contributed by atoms with van der Waals surface area (Å²) in [6, 6.07) is 27.7. The summed E-state index contributed by atoms with van der Waals surface area (Å²) >= 11 is 1.55. The highest BCUT2D eigenvalue weighted by Crippen LogP contribution is 2.26. The number of allylic oxidation sites excluding steroid dienone is 2. The first kappa shape index (κ1) is 16.5. The van der Waals surface area contributed by atoms with Crippen molar-refractivity contribution in [1.29, 1.82) is 10.5 Å². The molecule has 0 fully saturated rings. The molecule has 2 nitrogen and oxygen atoms in total. The molecule has 0 atom stereocenters. The van der Waals surface area contributed by atoms with E-state index in [4.69, 9.17) is 0 Å². The van der Waals surface area contributed by atoms with Gasteiger partial charge in [-0.05, 0) is 35.4 Å². The number of nitrogens with zero attached hydrogens (tertiary/aromatic N) is 2. The van der Waals surface area contributed by atoms with Gasteiger partial charge in [0.2, 0.25) is 0 Å². The molecule has 0 bridgehead atoms. The Morgan fingerprint density at radius 2 is 1.04 bits per heavy atom. The van der Waals surface area contributed by atoms with Crippen LogP contribution in [0, 0.1) is 22.7 Å². The second-order valence-electron chi connectivity index (χ2n) is 5.31. The maximum atomic E-state index is 9.41. The molecule has 3 aromatic rings. The van der Waals surface area contributed by atoms with Gasteiger partial charge in [-0.1, -0.05) is 60.7 Å². The van der Waals surface area contributed by atoms with Crippen molar-refractivity contribution >= 4 is 34.6 Å². The average Bonchev–Trinajstić information content (AvgIpc) is 3.12. The quantitative estimate of drug-likeness (QED) is 0.558. The van der Waals surface area contributed by atoms with Crippen LogP contribution in [0.1, 0.15) is 20.9 Å². The third-order valence-corrected chi connectivity index (χ3v) is 4.61. The van der Waals surface area contributed by atoms with Crippen molar-refractivity contribution < 1.29 is 0 Å². The molecule has 2 aromatic carbocycles. The van der Waals surface area contributed by atoms with E-state index in [0.29, 0.717) is 11.1 Å². The highest BCUT2D eigenvalue weighted by molar-refractivity contribution is 7.13. The smallest absolute Gasteiger partial charge is 0.0998 e. The van der Waals surface area contributed by atoms with E-state index in [1.165, 1.54) is 0 Å². The normalized spacial score (nSPS) is 11.6. The van der Waals surface area contributed by atoms with Crippen LogP contribution in [0.5, 0.6) is 0 Å². The van der Waals surface area contributed by atoms with Gasteiger partial charge in [-0.25, -0.2) is 0 Å². The summed E-state index contributed by atoms with van der Waals surface area (Å²) in [6.07, 6.45) is 3.76. The van der Waals surface area contributed by atoms with Crippen LogP contribution in [-0.4, -0.2) is 0 Å². The van der Waals surface area contributed by atoms with Gasteiger partial charge in [0.05, 0.1) is 23.3 Å². The predicted octanol–water partition coefficient (Wildman–Crippen LogP) is 5.88. The molecule has 3 heteroatoms. The van der Waals surface area contributed by atoms with Gasteiger partial charge in [-0.3, -0.25) is 0 Å². The average molecular weight is 338 g/mol. The lowest BCUT2D eigenvalue weighted by Crippen LogP contribution is -1.79. The minimum absolute atomic E-state index is 0.626. The number of rotatable bonds is 4. The van der Waals surface area contributed by atoms with Gasteiger partial charge in [0, 0.05) is 9.75 Å². The predicted molar refractivity (Wildman–Crippen MR) is 104 cm³/mol. The summed E-state index contributed by atoms with van der Waals surface area (Å²) in [4.78, 5) is 1.97. The third-order valence-electron chi connectivity index (χ3n) is 3.63. The van der Waals surface area contributed by atoms with Gasteiger partial charge in [-0.15, -0.1) is 11.3 Å². The Kier molecular flexibility index (Phi) is 5.22. The second kappa shape index (κ2) is 7.93. The summed E-state index contributed by atoms with van der Waals surface area (Å²) in [5.41, 5.74) is 3.05. The van der Waals surface area contributed by atoms with Gasteiger partial charge in [-0.2, -0.15) is 10.5 Å². The molecule has 0 unspecified atom stereocenters. The van der Waals surface area contributed by atoms with Crippen molar-refractivity contribution in [2.75, 3.05) is 0 Å². The van der Waals surface area contributed by atoms with Crippen LogP contribution >= 0.6 is 11.3 Å². The van der Waals surface area contributed by atoms with E-state index in [0.717, 1.165) is 20.9 Å². The lowest BCUT2D eigenvalue weighted by atomic mass is 10.1. The lowest BCUT2D eigenvalue weighted by Gasteiger charge is -1.98. The summed E-state index contributed by atoms with van der Waals surface area (Å²) < 4.78 is 0. The molecule has 0 radical (unpaired) electrons. The zero-order chi connectivity index (χ0) is 17.5. The SMILES string of the molecule is N#CC(=Cc1ccc(C=C(C#N)c2ccccc2)s1)c1ccccc1. The van der Waals surface area contributed by atoms with Crippen LogP contribution in [-0.2, 0) is 0 Å². The van der Waals surface area contributed by atoms with Gasteiger partial charge >= 0.3 is 0 Å². The molecule has 1 heterocycles. The van der Waals surface area contributed by atoms with Crippen LogP contribution in [0.25, 0.3) is 23.3 Å². The fraction of sp³-hybridized carbons (Fsp3) is 0.